The topological polar surface area (TPSA) is 64.7 Å². The standard InChI is InChI=1S/C11H13BF3NO3/c1-18-8-4-7(11(13,14)15)9(19-2)3-6(8)5-10(12,16)17/h3-4,17H,5,16H2,1-2H3. The highest BCUT2D eigenvalue weighted by molar-refractivity contribution is 6.13. The lowest BCUT2D eigenvalue weighted by atomic mass is 9.85. The molecule has 0 fully saturated rings. The van der Waals surface area contributed by atoms with Gasteiger partial charge in [-0.1, -0.05) is 0 Å². The van der Waals surface area contributed by atoms with Crippen molar-refractivity contribution in [3.05, 3.63) is 23.3 Å². The molecule has 19 heavy (non-hydrogen) atoms. The highest BCUT2D eigenvalue weighted by atomic mass is 19.4. The van der Waals surface area contributed by atoms with Gasteiger partial charge in [0.15, 0.2) is 0 Å². The van der Waals surface area contributed by atoms with Crippen molar-refractivity contribution in [1.82, 2.24) is 0 Å². The summed E-state index contributed by atoms with van der Waals surface area (Å²) < 4.78 is 47.9. The summed E-state index contributed by atoms with van der Waals surface area (Å²) in [5, 5.41) is 9.32. The van der Waals surface area contributed by atoms with Gasteiger partial charge in [-0.3, -0.25) is 0 Å². The van der Waals surface area contributed by atoms with Gasteiger partial charge in [-0.2, -0.15) is 13.2 Å². The Morgan fingerprint density at radius 3 is 2.11 bits per heavy atom. The maximum absolute atomic E-state index is 12.8. The highest BCUT2D eigenvalue weighted by Crippen LogP contribution is 2.40. The van der Waals surface area contributed by atoms with Crippen molar-refractivity contribution in [2.24, 2.45) is 5.73 Å². The van der Waals surface area contributed by atoms with E-state index in [1.807, 2.05) is 0 Å². The van der Waals surface area contributed by atoms with Gasteiger partial charge >= 0.3 is 6.18 Å². The molecule has 0 aliphatic carbocycles. The Hall–Kier alpha value is -1.41. The first kappa shape index (κ1) is 15.7. The summed E-state index contributed by atoms with van der Waals surface area (Å²) in [6.07, 6.45) is -4.87. The van der Waals surface area contributed by atoms with Crippen molar-refractivity contribution in [3.8, 4) is 11.5 Å². The molecule has 104 valence electrons. The Labute approximate surface area is 109 Å². The Morgan fingerprint density at radius 2 is 1.74 bits per heavy atom. The molecule has 0 saturated carbocycles. The fourth-order valence-corrected chi connectivity index (χ4v) is 1.63. The van der Waals surface area contributed by atoms with Gasteiger partial charge in [-0.05, 0) is 12.1 Å². The number of hydrogen-bond donors (Lipinski definition) is 2. The van der Waals surface area contributed by atoms with Crippen LogP contribution in [0.1, 0.15) is 11.1 Å². The SMILES string of the molecule is [B]C(N)(O)Cc1cc(OC)c(C(F)(F)F)cc1OC. The van der Waals surface area contributed by atoms with Crippen LogP contribution < -0.4 is 15.2 Å². The van der Waals surface area contributed by atoms with Crippen molar-refractivity contribution >= 4 is 7.85 Å². The third kappa shape index (κ3) is 4.04. The second-order valence-electron chi connectivity index (χ2n) is 4.03. The molecule has 1 aromatic carbocycles. The number of benzene rings is 1. The van der Waals surface area contributed by atoms with Crippen LogP contribution in [0.3, 0.4) is 0 Å². The number of ether oxygens (including phenoxy) is 2. The van der Waals surface area contributed by atoms with Gasteiger partial charge < -0.3 is 20.3 Å². The predicted molar refractivity (Wildman–Crippen MR) is 63.1 cm³/mol. The number of aliphatic hydroxyl groups is 1. The van der Waals surface area contributed by atoms with Crippen molar-refractivity contribution in [2.75, 3.05) is 14.2 Å². The monoisotopic (exact) mass is 275 g/mol. The van der Waals surface area contributed by atoms with Gasteiger partial charge in [0.2, 0.25) is 0 Å². The highest BCUT2D eigenvalue weighted by Gasteiger charge is 2.36. The van der Waals surface area contributed by atoms with E-state index in [9.17, 15) is 18.3 Å². The number of alkyl halides is 3. The van der Waals surface area contributed by atoms with Crippen LogP contribution in [0.5, 0.6) is 11.5 Å². The van der Waals surface area contributed by atoms with Crippen molar-refractivity contribution in [3.63, 3.8) is 0 Å². The molecule has 2 radical (unpaired) electrons. The Bertz CT molecular complexity index is 458. The largest absolute Gasteiger partial charge is 0.496 e. The molecule has 0 aliphatic heterocycles. The molecule has 4 nitrogen and oxygen atoms in total. The predicted octanol–water partition coefficient (Wildman–Crippen LogP) is 1.04. The summed E-state index contributed by atoms with van der Waals surface area (Å²) in [5.74, 6) is -0.477. The summed E-state index contributed by atoms with van der Waals surface area (Å²) in [7, 11) is 7.54. The minimum atomic E-state index is -4.58. The van der Waals surface area contributed by atoms with Gasteiger partial charge in [0.05, 0.1) is 19.8 Å². The van der Waals surface area contributed by atoms with Crippen LogP contribution in [-0.2, 0) is 12.6 Å². The molecule has 0 amide bonds. The summed E-state index contributed by atoms with van der Waals surface area (Å²) >= 11 is 0. The van der Waals surface area contributed by atoms with Crippen LogP contribution in [0.15, 0.2) is 12.1 Å². The number of hydrogen-bond acceptors (Lipinski definition) is 4. The van der Waals surface area contributed by atoms with E-state index in [4.69, 9.17) is 18.3 Å². The average Bonchev–Trinajstić information content (AvgIpc) is 2.24. The Morgan fingerprint density at radius 1 is 1.21 bits per heavy atom. The normalized spacial score (nSPS) is 14.9. The number of halogens is 3. The fourth-order valence-electron chi connectivity index (χ4n) is 1.63. The second kappa shape index (κ2) is 5.30. The molecule has 8 heteroatoms. The molecule has 0 aromatic heterocycles. The molecular weight excluding hydrogens is 262 g/mol. The summed E-state index contributed by atoms with van der Waals surface area (Å²) in [6, 6.07) is 1.87. The van der Waals surface area contributed by atoms with E-state index in [-0.39, 0.29) is 17.7 Å². The maximum atomic E-state index is 12.8. The zero-order chi connectivity index (χ0) is 14.8. The minimum Gasteiger partial charge on any atom is -0.496 e. The van der Waals surface area contributed by atoms with E-state index in [2.05, 4.69) is 4.74 Å². The number of methoxy groups -OCH3 is 2. The van der Waals surface area contributed by atoms with Crippen LogP contribution in [-0.4, -0.2) is 32.8 Å². The van der Waals surface area contributed by atoms with Crippen LogP contribution >= 0.6 is 0 Å². The molecule has 0 heterocycles. The fraction of sp³-hybridized carbons (Fsp3) is 0.455. The summed E-state index contributed by atoms with van der Waals surface area (Å²) in [5.41, 5.74) is 2.39. The molecule has 1 atom stereocenters. The van der Waals surface area contributed by atoms with E-state index < -0.39 is 23.1 Å². The molecule has 0 spiro atoms. The van der Waals surface area contributed by atoms with E-state index in [1.165, 1.54) is 7.11 Å². The van der Waals surface area contributed by atoms with E-state index in [0.717, 1.165) is 19.2 Å². The van der Waals surface area contributed by atoms with Gasteiger partial charge in [-0.25, -0.2) is 0 Å². The lowest BCUT2D eigenvalue weighted by molar-refractivity contribution is -0.138. The van der Waals surface area contributed by atoms with Gasteiger partial charge in [0.25, 0.3) is 0 Å². The van der Waals surface area contributed by atoms with E-state index in [0.29, 0.717) is 0 Å². The summed E-state index contributed by atoms with van der Waals surface area (Å²) in [6.45, 7) is 0. The average molecular weight is 275 g/mol. The van der Waals surface area contributed by atoms with Crippen LogP contribution in [0.25, 0.3) is 0 Å². The van der Waals surface area contributed by atoms with Gasteiger partial charge in [0.1, 0.15) is 24.9 Å². The van der Waals surface area contributed by atoms with Gasteiger partial charge in [-0.15, -0.1) is 0 Å². The number of rotatable bonds is 4. The van der Waals surface area contributed by atoms with Crippen molar-refractivity contribution < 1.29 is 27.8 Å². The lowest BCUT2D eigenvalue weighted by Gasteiger charge is -2.21. The first-order valence-electron chi connectivity index (χ1n) is 5.20. The Balaban J connectivity index is 3.36. The lowest BCUT2D eigenvalue weighted by Crippen LogP contribution is -2.42. The van der Waals surface area contributed by atoms with Crippen LogP contribution in [0, 0.1) is 0 Å². The first-order chi connectivity index (χ1) is 8.58. The quantitative estimate of drug-likeness (QED) is 0.636. The molecular formula is C11H13BF3NO3. The van der Waals surface area contributed by atoms with Crippen LogP contribution in [0.2, 0.25) is 0 Å². The third-order valence-electron chi connectivity index (χ3n) is 2.38. The first-order valence-corrected chi connectivity index (χ1v) is 5.20. The number of nitrogens with two attached hydrogens (primary N) is 1. The Kier molecular flexibility index (Phi) is 4.37. The van der Waals surface area contributed by atoms with Crippen molar-refractivity contribution in [1.29, 1.82) is 0 Å². The molecule has 0 saturated heterocycles. The van der Waals surface area contributed by atoms with E-state index >= 15 is 0 Å². The molecule has 1 rings (SSSR count). The van der Waals surface area contributed by atoms with E-state index in [1.54, 1.807) is 0 Å². The van der Waals surface area contributed by atoms with Crippen molar-refractivity contribution in [2.45, 2.75) is 18.2 Å². The molecule has 3 N–H and O–H groups in total. The second-order valence-corrected chi connectivity index (χ2v) is 4.03. The van der Waals surface area contributed by atoms with Crippen LogP contribution in [0.4, 0.5) is 13.2 Å². The molecule has 1 unspecified atom stereocenters. The smallest absolute Gasteiger partial charge is 0.420 e. The van der Waals surface area contributed by atoms with Gasteiger partial charge in [0, 0.05) is 12.0 Å². The molecule has 0 aliphatic rings. The molecule has 1 aromatic rings. The molecule has 0 bridgehead atoms. The minimum absolute atomic E-state index is 0.0811. The maximum Gasteiger partial charge on any atom is 0.420 e. The zero-order valence-electron chi connectivity index (χ0n) is 10.4. The summed E-state index contributed by atoms with van der Waals surface area (Å²) in [4.78, 5) is 0. The third-order valence-corrected chi connectivity index (χ3v) is 2.38. The zero-order valence-corrected chi connectivity index (χ0v) is 10.4.